The van der Waals surface area contributed by atoms with Crippen LogP contribution in [-0.4, -0.2) is 22.1 Å². The molecule has 0 heterocycles. The molecule has 4 nitrogen and oxygen atoms in total. The van der Waals surface area contributed by atoms with Crippen molar-refractivity contribution in [3.8, 4) is 5.75 Å². The van der Waals surface area contributed by atoms with E-state index >= 15 is 0 Å². The number of methoxy groups -OCH3 is 1. The van der Waals surface area contributed by atoms with Crippen molar-refractivity contribution in [3.63, 3.8) is 0 Å². The van der Waals surface area contributed by atoms with Crippen molar-refractivity contribution < 1.29 is 13.2 Å². The monoisotopic (exact) mass is 395 g/mol. The Morgan fingerprint density at radius 1 is 1.22 bits per heavy atom. The summed E-state index contributed by atoms with van der Waals surface area (Å²) in [6.45, 7) is 5.80. The zero-order valence-electron chi connectivity index (χ0n) is 13.0. The summed E-state index contributed by atoms with van der Waals surface area (Å²) >= 11 is 3.33. The van der Waals surface area contributed by atoms with Gasteiger partial charge in [-0.05, 0) is 53.2 Å². The fraction of sp³-hybridized carbons (Fsp3) is 0.176. The van der Waals surface area contributed by atoms with Gasteiger partial charge in [-0.2, -0.15) is 0 Å². The molecular weight excluding hydrogens is 378 g/mol. The number of sulfonamides is 1. The topological polar surface area (TPSA) is 46.6 Å². The highest BCUT2D eigenvalue weighted by Crippen LogP contribution is 2.30. The molecule has 0 aliphatic heterocycles. The first-order chi connectivity index (χ1) is 10.9. The zero-order valence-corrected chi connectivity index (χ0v) is 15.4. The van der Waals surface area contributed by atoms with Gasteiger partial charge in [0.05, 0.1) is 28.7 Å². The van der Waals surface area contributed by atoms with Gasteiger partial charge in [-0.3, -0.25) is 4.31 Å². The van der Waals surface area contributed by atoms with Gasteiger partial charge in [0.2, 0.25) is 0 Å². The van der Waals surface area contributed by atoms with E-state index in [0.717, 1.165) is 5.56 Å². The second kappa shape index (κ2) is 7.19. The fourth-order valence-electron chi connectivity index (χ4n) is 2.11. The van der Waals surface area contributed by atoms with Crippen molar-refractivity contribution in [1.29, 1.82) is 0 Å². The normalized spacial score (nSPS) is 11.1. The van der Waals surface area contributed by atoms with Crippen LogP contribution in [0.25, 0.3) is 0 Å². The predicted molar refractivity (Wildman–Crippen MR) is 96.6 cm³/mol. The molecule has 0 saturated carbocycles. The maximum atomic E-state index is 13.0. The molecule has 0 atom stereocenters. The Morgan fingerprint density at radius 2 is 1.87 bits per heavy atom. The molecule has 0 radical (unpaired) electrons. The van der Waals surface area contributed by atoms with Crippen LogP contribution in [0.4, 0.5) is 5.69 Å². The lowest BCUT2D eigenvalue weighted by Gasteiger charge is -2.23. The molecule has 0 bridgehead atoms. The van der Waals surface area contributed by atoms with Gasteiger partial charge in [0.1, 0.15) is 5.75 Å². The second-order valence-electron chi connectivity index (χ2n) is 4.96. The number of rotatable bonds is 6. The van der Waals surface area contributed by atoms with Gasteiger partial charge in [-0.25, -0.2) is 8.42 Å². The van der Waals surface area contributed by atoms with Gasteiger partial charge in [0.15, 0.2) is 0 Å². The van der Waals surface area contributed by atoms with Crippen LogP contribution in [-0.2, 0) is 10.0 Å². The van der Waals surface area contributed by atoms with Crippen LogP contribution in [0, 0.1) is 6.92 Å². The van der Waals surface area contributed by atoms with Crippen molar-refractivity contribution in [2.45, 2.75) is 11.8 Å². The van der Waals surface area contributed by atoms with Gasteiger partial charge >= 0.3 is 0 Å². The quantitative estimate of drug-likeness (QED) is 0.690. The highest BCUT2D eigenvalue weighted by atomic mass is 79.9. The molecule has 23 heavy (non-hydrogen) atoms. The summed E-state index contributed by atoms with van der Waals surface area (Å²) in [6, 6.07) is 12.0. The van der Waals surface area contributed by atoms with Crippen molar-refractivity contribution in [1.82, 2.24) is 0 Å². The molecule has 0 aliphatic rings. The summed E-state index contributed by atoms with van der Waals surface area (Å²) in [6.07, 6.45) is 1.57. The molecule has 0 amide bonds. The molecule has 2 aromatic carbocycles. The molecule has 2 rings (SSSR count). The van der Waals surface area contributed by atoms with Crippen LogP contribution in [0.3, 0.4) is 0 Å². The molecule has 0 aromatic heterocycles. The summed E-state index contributed by atoms with van der Waals surface area (Å²) in [7, 11) is -2.17. The van der Waals surface area contributed by atoms with E-state index in [1.807, 2.05) is 19.1 Å². The highest BCUT2D eigenvalue weighted by Gasteiger charge is 2.24. The van der Waals surface area contributed by atoms with E-state index in [2.05, 4.69) is 22.5 Å². The summed E-state index contributed by atoms with van der Waals surface area (Å²) in [5, 5.41) is 0. The zero-order chi connectivity index (χ0) is 17.0. The molecule has 2 aromatic rings. The lowest BCUT2D eigenvalue weighted by atomic mass is 10.2. The Balaban J connectivity index is 2.50. The van der Waals surface area contributed by atoms with Crippen LogP contribution in [0.2, 0.25) is 0 Å². The summed E-state index contributed by atoms with van der Waals surface area (Å²) in [5.74, 6) is 0.578. The third-order valence-corrected chi connectivity index (χ3v) is 5.74. The first-order valence-electron chi connectivity index (χ1n) is 6.94. The van der Waals surface area contributed by atoms with Crippen LogP contribution in [0.1, 0.15) is 5.56 Å². The number of nitrogens with zero attached hydrogens (tertiary/aromatic N) is 1. The average molecular weight is 396 g/mol. The third-order valence-electron chi connectivity index (χ3n) is 3.33. The summed E-state index contributed by atoms with van der Waals surface area (Å²) in [5.41, 5.74) is 1.67. The molecule has 0 spiro atoms. The van der Waals surface area contributed by atoms with E-state index < -0.39 is 10.0 Å². The SMILES string of the molecule is C=CCN(c1ccc(C)cc1)S(=O)(=O)c1ccc(OC)c(Br)c1. The van der Waals surface area contributed by atoms with E-state index in [4.69, 9.17) is 4.74 Å². The lowest BCUT2D eigenvalue weighted by molar-refractivity contribution is 0.411. The summed E-state index contributed by atoms with van der Waals surface area (Å²) < 4.78 is 33.0. The maximum absolute atomic E-state index is 13.0. The Labute approximate surface area is 145 Å². The van der Waals surface area contributed by atoms with Gasteiger partial charge in [0.25, 0.3) is 10.0 Å². The van der Waals surface area contributed by atoms with Crippen LogP contribution in [0.5, 0.6) is 5.75 Å². The first kappa shape index (κ1) is 17.6. The van der Waals surface area contributed by atoms with Crippen molar-refractivity contribution in [3.05, 3.63) is 65.2 Å². The average Bonchev–Trinajstić information content (AvgIpc) is 2.53. The molecule has 0 N–H and O–H groups in total. The Bertz CT molecular complexity index is 801. The van der Waals surface area contributed by atoms with E-state index in [0.29, 0.717) is 15.9 Å². The van der Waals surface area contributed by atoms with Crippen molar-refractivity contribution >= 4 is 31.6 Å². The number of halogens is 1. The van der Waals surface area contributed by atoms with E-state index in [-0.39, 0.29) is 11.4 Å². The largest absolute Gasteiger partial charge is 0.496 e. The molecule has 0 saturated heterocycles. The molecule has 6 heteroatoms. The van der Waals surface area contributed by atoms with Crippen LogP contribution < -0.4 is 9.04 Å². The Hall–Kier alpha value is -1.79. The third kappa shape index (κ3) is 3.76. The highest BCUT2D eigenvalue weighted by molar-refractivity contribution is 9.10. The minimum absolute atomic E-state index is 0.188. The van der Waals surface area contributed by atoms with Gasteiger partial charge in [0, 0.05) is 0 Å². The molecular formula is C17H18BrNO3S. The van der Waals surface area contributed by atoms with Crippen LogP contribution in [0.15, 0.2) is 64.5 Å². The lowest BCUT2D eigenvalue weighted by Crippen LogP contribution is -2.31. The van der Waals surface area contributed by atoms with Gasteiger partial charge in [-0.1, -0.05) is 23.8 Å². The molecule has 0 aliphatic carbocycles. The van der Waals surface area contributed by atoms with Crippen LogP contribution >= 0.6 is 15.9 Å². The van der Waals surface area contributed by atoms with Gasteiger partial charge < -0.3 is 4.74 Å². The van der Waals surface area contributed by atoms with E-state index in [9.17, 15) is 8.42 Å². The Morgan fingerprint density at radius 3 is 2.39 bits per heavy atom. The number of ether oxygens (including phenoxy) is 1. The number of hydrogen-bond donors (Lipinski definition) is 0. The molecule has 0 unspecified atom stereocenters. The number of anilines is 1. The van der Waals surface area contributed by atoms with Gasteiger partial charge in [-0.15, -0.1) is 6.58 Å². The summed E-state index contributed by atoms with van der Waals surface area (Å²) in [4.78, 5) is 0.188. The molecule has 0 fully saturated rings. The van der Waals surface area contributed by atoms with E-state index in [1.165, 1.54) is 17.5 Å². The standard InChI is InChI=1S/C17H18BrNO3S/c1-4-11-19(14-7-5-13(2)6-8-14)23(20,21)15-9-10-17(22-3)16(18)12-15/h4-10,12H,1,11H2,2-3H3. The number of aryl methyl sites for hydroxylation is 1. The first-order valence-corrected chi connectivity index (χ1v) is 9.17. The number of hydrogen-bond acceptors (Lipinski definition) is 3. The fourth-order valence-corrected chi connectivity index (χ4v) is 4.26. The minimum atomic E-state index is -3.70. The van der Waals surface area contributed by atoms with E-state index in [1.54, 1.807) is 30.3 Å². The molecule has 122 valence electrons. The minimum Gasteiger partial charge on any atom is -0.496 e. The van der Waals surface area contributed by atoms with Crippen molar-refractivity contribution in [2.75, 3.05) is 18.0 Å². The smallest absolute Gasteiger partial charge is 0.264 e. The number of benzene rings is 2. The second-order valence-corrected chi connectivity index (χ2v) is 7.67. The predicted octanol–water partition coefficient (Wildman–Crippen LogP) is 4.15. The maximum Gasteiger partial charge on any atom is 0.264 e. The van der Waals surface area contributed by atoms with Crippen molar-refractivity contribution in [2.24, 2.45) is 0 Å². The Kier molecular flexibility index (Phi) is 5.49.